The number of aromatic nitrogens is 1. The summed E-state index contributed by atoms with van der Waals surface area (Å²) < 4.78 is 5.08. The first-order valence-corrected chi connectivity index (χ1v) is 5.42. The van der Waals surface area contributed by atoms with Gasteiger partial charge in [0.25, 0.3) is 0 Å². The number of benzene rings is 1. The zero-order chi connectivity index (χ0) is 11.5. The minimum Gasteiger partial charge on any atom is -0.497 e. The van der Waals surface area contributed by atoms with E-state index in [1.165, 1.54) is 0 Å². The highest BCUT2D eigenvalue weighted by Crippen LogP contribution is 2.31. The lowest BCUT2D eigenvalue weighted by Crippen LogP contribution is -1.86. The first kappa shape index (κ1) is 11.2. The molecule has 2 aromatic rings. The van der Waals surface area contributed by atoms with E-state index in [0.29, 0.717) is 15.7 Å². The lowest BCUT2D eigenvalue weighted by Gasteiger charge is -2.05. The molecular weight excluding hydrogens is 245 g/mol. The fraction of sp³-hybridized carbons (Fsp3) is 0.0833. The van der Waals surface area contributed by atoms with Crippen molar-refractivity contribution < 1.29 is 4.74 Å². The predicted octanol–water partition coefficient (Wildman–Crippen LogP) is 4.06. The normalized spacial score (nSPS) is 10.2. The number of pyridine rings is 1. The first-order chi connectivity index (χ1) is 7.72. The number of ether oxygens (including phenoxy) is 1. The summed E-state index contributed by atoms with van der Waals surface area (Å²) in [5, 5.41) is 0.969. The van der Waals surface area contributed by atoms with Crippen LogP contribution in [0.4, 0.5) is 0 Å². The molecule has 0 saturated heterocycles. The van der Waals surface area contributed by atoms with Crippen LogP contribution in [-0.4, -0.2) is 12.1 Å². The standard InChI is InChI=1S/C12H9Cl2NO/c1-16-9-4-2-8(3-5-9)12-11(14)10(13)6-7-15-12/h2-7H,1H3. The Labute approximate surface area is 104 Å². The van der Waals surface area contributed by atoms with Gasteiger partial charge in [-0.25, -0.2) is 0 Å². The summed E-state index contributed by atoms with van der Waals surface area (Å²) in [6.07, 6.45) is 1.63. The van der Waals surface area contributed by atoms with Crippen LogP contribution < -0.4 is 4.74 Å². The van der Waals surface area contributed by atoms with Crippen molar-refractivity contribution in [3.05, 3.63) is 46.6 Å². The second-order valence-electron chi connectivity index (χ2n) is 3.18. The molecule has 4 heteroatoms. The summed E-state index contributed by atoms with van der Waals surface area (Å²) in [6, 6.07) is 9.16. The maximum atomic E-state index is 6.08. The molecule has 16 heavy (non-hydrogen) atoms. The fourth-order valence-electron chi connectivity index (χ4n) is 1.37. The molecule has 0 aliphatic carbocycles. The highest BCUT2D eigenvalue weighted by Gasteiger charge is 2.08. The Kier molecular flexibility index (Phi) is 3.32. The third-order valence-electron chi connectivity index (χ3n) is 2.21. The number of methoxy groups -OCH3 is 1. The number of hydrogen-bond donors (Lipinski definition) is 0. The van der Waals surface area contributed by atoms with E-state index in [4.69, 9.17) is 27.9 Å². The summed E-state index contributed by atoms with van der Waals surface area (Å²) >= 11 is 12.0. The van der Waals surface area contributed by atoms with Crippen molar-refractivity contribution in [3.63, 3.8) is 0 Å². The molecule has 0 aliphatic heterocycles. The molecule has 0 aliphatic rings. The first-order valence-electron chi connectivity index (χ1n) is 4.67. The molecule has 1 aromatic heterocycles. The molecule has 82 valence electrons. The largest absolute Gasteiger partial charge is 0.497 e. The molecule has 1 aromatic carbocycles. The molecular formula is C12H9Cl2NO. The van der Waals surface area contributed by atoms with Gasteiger partial charge in [-0.1, -0.05) is 23.2 Å². The molecule has 0 atom stereocenters. The Morgan fingerprint density at radius 1 is 1.06 bits per heavy atom. The highest BCUT2D eigenvalue weighted by atomic mass is 35.5. The maximum Gasteiger partial charge on any atom is 0.118 e. The van der Waals surface area contributed by atoms with Crippen LogP contribution in [0.25, 0.3) is 11.3 Å². The topological polar surface area (TPSA) is 22.1 Å². The van der Waals surface area contributed by atoms with Crippen molar-refractivity contribution in [2.45, 2.75) is 0 Å². The van der Waals surface area contributed by atoms with Crippen molar-refractivity contribution in [2.24, 2.45) is 0 Å². The highest BCUT2D eigenvalue weighted by molar-refractivity contribution is 6.43. The fourth-order valence-corrected chi connectivity index (χ4v) is 1.74. The second kappa shape index (κ2) is 4.73. The Morgan fingerprint density at radius 2 is 1.75 bits per heavy atom. The van der Waals surface area contributed by atoms with E-state index in [2.05, 4.69) is 4.98 Å². The quantitative estimate of drug-likeness (QED) is 0.806. The minimum absolute atomic E-state index is 0.467. The Balaban J connectivity index is 2.46. The van der Waals surface area contributed by atoms with Gasteiger partial charge in [0.1, 0.15) is 5.75 Å². The number of nitrogens with zero attached hydrogens (tertiary/aromatic N) is 1. The summed E-state index contributed by atoms with van der Waals surface area (Å²) in [4.78, 5) is 4.21. The smallest absolute Gasteiger partial charge is 0.118 e. The van der Waals surface area contributed by atoms with Crippen LogP contribution in [0.2, 0.25) is 10.0 Å². The van der Waals surface area contributed by atoms with Crippen molar-refractivity contribution in [1.29, 1.82) is 0 Å². The van der Waals surface area contributed by atoms with E-state index in [1.807, 2.05) is 24.3 Å². The average molecular weight is 254 g/mol. The molecule has 0 radical (unpaired) electrons. The van der Waals surface area contributed by atoms with Crippen LogP contribution in [0, 0.1) is 0 Å². The number of halogens is 2. The third-order valence-corrected chi connectivity index (χ3v) is 3.00. The van der Waals surface area contributed by atoms with Crippen LogP contribution in [0.3, 0.4) is 0 Å². The predicted molar refractivity (Wildman–Crippen MR) is 66.2 cm³/mol. The van der Waals surface area contributed by atoms with Gasteiger partial charge in [-0.15, -0.1) is 0 Å². The van der Waals surface area contributed by atoms with Crippen LogP contribution >= 0.6 is 23.2 Å². The molecule has 0 unspecified atom stereocenters. The summed E-state index contributed by atoms with van der Waals surface area (Å²) in [5.74, 6) is 0.793. The van der Waals surface area contributed by atoms with Crippen molar-refractivity contribution >= 4 is 23.2 Å². The van der Waals surface area contributed by atoms with Crippen molar-refractivity contribution in [1.82, 2.24) is 4.98 Å². The van der Waals surface area contributed by atoms with Crippen LogP contribution in [-0.2, 0) is 0 Å². The van der Waals surface area contributed by atoms with E-state index in [9.17, 15) is 0 Å². The van der Waals surface area contributed by atoms with Gasteiger partial charge in [0, 0.05) is 11.8 Å². The molecule has 1 heterocycles. The van der Waals surface area contributed by atoms with Gasteiger partial charge in [0.2, 0.25) is 0 Å². The molecule has 2 nitrogen and oxygen atoms in total. The Bertz CT molecular complexity index is 497. The van der Waals surface area contributed by atoms with Crippen LogP contribution in [0.1, 0.15) is 0 Å². The summed E-state index contributed by atoms with van der Waals surface area (Å²) in [5.41, 5.74) is 1.59. The molecule has 2 rings (SSSR count). The van der Waals surface area contributed by atoms with Crippen LogP contribution in [0.5, 0.6) is 5.75 Å². The van der Waals surface area contributed by atoms with Crippen molar-refractivity contribution in [3.8, 4) is 17.0 Å². The summed E-state index contributed by atoms with van der Waals surface area (Å²) in [6.45, 7) is 0. The Hall–Kier alpha value is -1.25. The molecule has 0 spiro atoms. The second-order valence-corrected chi connectivity index (χ2v) is 3.97. The van der Waals surface area contributed by atoms with E-state index in [0.717, 1.165) is 11.3 Å². The van der Waals surface area contributed by atoms with Gasteiger partial charge in [0.15, 0.2) is 0 Å². The lowest BCUT2D eigenvalue weighted by atomic mass is 10.1. The zero-order valence-corrected chi connectivity index (χ0v) is 10.1. The van der Waals surface area contributed by atoms with E-state index >= 15 is 0 Å². The zero-order valence-electron chi connectivity index (χ0n) is 8.58. The van der Waals surface area contributed by atoms with Gasteiger partial charge in [-0.3, -0.25) is 4.98 Å². The monoisotopic (exact) mass is 253 g/mol. The van der Waals surface area contributed by atoms with Gasteiger partial charge in [-0.05, 0) is 30.3 Å². The molecule has 0 amide bonds. The van der Waals surface area contributed by atoms with Crippen LogP contribution in [0.15, 0.2) is 36.5 Å². The van der Waals surface area contributed by atoms with E-state index in [-0.39, 0.29) is 0 Å². The molecule has 0 fully saturated rings. The van der Waals surface area contributed by atoms with Gasteiger partial charge in [-0.2, -0.15) is 0 Å². The number of hydrogen-bond acceptors (Lipinski definition) is 2. The molecule has 0 bridgehead atoms. The van der Waals surface area contributed by atoms with Crippen molar-refractivity contribution in [2.75, 3.05) is 7.11 Å². The van der Waals surface area contributed by atoms with Gasteiger partial charge >= 0.3 is 0 Å². The van der Waals surface area contributed by atoms with E-state index < -0.39 is 0 Å². The SMILES string of the molecule is COc1ccc(-c2nccc(Cl)c2Cl)cc1. The summed E-state index contributed by atoms with van der Waals surface area (Å²) in [7, 11) is 1.62. The third kappa shape index (κ3) is 2.13. The number of rotatable bonds is 2. The van der Waals surface area contributed by atoms with Gasteiger partial charge < -0.3 is 4.74 Å². The molecule has 0 saturated carbocycles. The molecule has 0 N–H and O–H groups in total. The Morgan fingerprint density at radius 3 is 2.38 bits per heavy atom. The maximum absolute atomic E-state index is 6.08. The van der Waals surface area contributed by atoms with Gasteiger partial charge in [0.05, 0.1) is 22.8 Å². The lowest BCUT2D eigenvalue weighted by molar-refractivity contribution is 0.415. The van der Waals surface area contributed by atoms with E-state index in [1.54, 1.807) is 19.4 Å². The minimum atomic E-state index is 0.467. The average Bonchev–Trinajstić information content (AvgIpc) is 2.33.